The first kappa shape index (κ1) is 14.0. The molecule has 2 N–H and O–H groups in total. The van der Waals surface area contributed by atoms with Crippen LogP contribution in [0.2, 0.25) is 0 Å². The zero-order chi connectivity index (χ0) is 15.3. The number of aryl methyl sites for hydroxylation is 1. The monoisotopic (exact) mass is 303 g/mol. The smallest absolute Gasteiger partial charge is 0.175 e. The van der Waals surface area contributed by atoms with Gasteiger partial charge in [0, 0.05) is 11.6 Å². The third kappa shape index (κ3) is 2.02. The number of hydrogen-bond donors (Lipinski definition) is 2. The van der Waals surface area contributed by atoms with Gasteiger partial charge in [-0.25, -0.2) is 4.39 Å². The van der Waals surface area contributed by atoms with Crippen molar-refractivity contribution < 1.29 is 9.60 Å². The van der Waals surface area contributed by atoms with E-state index in [-0.39, 0.29) is 23.2 Å². The minimum Gasteiger partial charge on any atom is -0.409 e. The van der Waals surface area contributed by atoms with Gasteiger partial charge in [0.15, 0.2) is 5.84 Å². The van der Waals surface area contributed by atoms with Gasteiger partial charge >= 0.3 is 0 Å². The molecule has 1 aliphatic carbocycles. The summed E-state index contributed by atoms with van der Waals surface area (Å²) in [5.74, 6) is 0.520. The van der Waals surface area contributed by atoms with Crippen molar-refractivity contribution in [2.75, 3.05) is 13.1 Å². The number of oxime groups is 1. The molecule has 1 aromatic carbocycles. The number of piperidine rings is 3. The largest absolute Gasteiger partial charge is 0.409 e. The van der Waals surface area contributed by atoms with Crippen LogP contribution in [0.15, 0.2) is 23.4 Å². The maximum atomic E-state index is 14.2. The van der Waals surface area contributed by atoms with Gasteiger partial charge in [-0.15, -0.1) is 0 Å². The molecule has 3 saturated heterocycles. The van der Waals surface area contributed by atoms with Crippen LogP contribution in [-0.4, -0.2) is 40.6 Å². The van der Waals surface area contributed by atoms with Crippen molar-refractivity contribution >= 4 is 5.84 Å². The van der Waals surface area contributed by atoms with Crippen LogP contribution in [0.1, 0.15) is 36.8 Å². The van der Waals surface area contributed by atoms with Gasteiger partial charge in [0.1, 0.15) is 5.82 Å². The van der Waals surface area contributed by atoms with Crippen LogP contribution >= 0.6 is 0 Å². The molecule has 3 heterocycles. The van der Waals surface area contributed by atoms with Crippen LogP contribution in [-0.2, 0) is 0 Å². The molecule has 0 radical (unpaired) electrons. The Morgan fingerprint density at radius 3 is 2.68 bits per heavy atom. The lowest BCUT2D eigenvalue weighted by Crippen LogP contribution is -2.65. The summed E-state index contributed by atoms with van der Waals surface area (Å²) in [7, 11) is 0. The molecular formula is C17H22FN3O. The number of nitrogens with one attached hydrogen (secondary N) is 1. The average molecular weight is 303 g/mol. The van der Waals surface area contributed by atoms with Crippen molar-refractivity contribution in [2.45, 2.75) is 44.2 Å². The second kappa shape index (κ2) is 4.95. The van der Waals surface area contributed by atoms with Gasteiger partial charge in [-0.2, -0.15) is 0 Å². The van der Waals surface area contributed by atoms with E-state index < -0.39 is 0 Å². The van der Waals surface area contributed by atoms with Gasteiger partial charge in [-0.1, -0.05) is 11.2 Å². The molecule has 118 valence electrons. The number of rotatable bonds is 2. The highest BCUT2D eigenvalue weighted by molar-refractivity contribution is 5.99. The SMILES string of the molecule is Cc1ccc(/C(=N\O)N[C@@H]2C3CCN(CC3)C23CC3)c(F)c1. The highest BCUT2D eigenvalue weighted by atomic mass is 19.1. The molecule has 0 amide bonds. The van der Waals surface area contributed by atoms with Gasteiger partial charge in [0.05, 0.1) is 5.56 Å². The Balaban J connectivity index is 1.61. The minimum atomic E-state index is -0.341. The summed E-state index contributed by atoms with van der Waals surface area (Å²) in [5, 5.41) is 16.2. The predicted molar refractivity (Wildman–Crippen MR) is 82.6 cm³/mol. The van der Waals surface area contributed by atoms with Gasteiger partial charge in [-0.3, -0.25) is 4.90 Å². The zero-order valence-electron chi connectivity index (χ0n) is 12.8. The third-order valence-corrected chi connectivity index (χ3v) is 5.75. The molecule has 1 aromatic rings. The van der Waals surface area contributed by atoms with E-state index in [9.17, 15) is 9.60 Å². The van der Waals surface area contributed by atoms with Gasteiger partial charge in [0.25, 0.3) is 0 Å². The molecule has 2 bridgehead atoms. The van der Waals surface area contributed by atoms with Crippen molar-refractivity contribution in [1.82, 2.24) is 10.2 Å². The molecule has 3 aliphatic heterocycles. The van der Waals surface area contributed by atoms with Crippen molar-refractivity contribution in [3.8, 4) is 0 Å². The summed E-state index contributed by atoms with van der Waals surface area (Å²) >= 11 is 0. The molecule has 1 spiro atoms. The topological polar surface area (TPSA) is 47.9 Å². The van der Waals surface area contributed by atoms with Gasteiger partial charge < -0.3 is 10.5 Å². The molecule has 5 rings (SSSR count). The summed E-state index contributed by atoms with van der Waals surface area (Å²) in [4.78, 5) is 2.57. The molecule has 4 aliphatic rings. The highest BCUT2D eigenvalue weighted by Gasteiger charge is 2.60. The maximum absolute atomic E-state index is 14.2. The zero-order valence-corrected chi connectivity index (χ0v) is 12.8. The molecular weight excluding hydrogens is 281 g/mol. The van der Waals surface area contributed by atoms with Crippen LogP contribution in [0.4, 0.5) is 4.39 Å². The molecule has 5 heteroatoms. The first-order chi connectivity index (χ1) is 10.6. The molecule has 0 aromatic heterocycles. The Morgan fingerprint density at radius 2 is 2.09 bits per heavy atom. The number of hydrogen-bond acceptors (Lipinski definition) is 3. The van der Waals surface area contributed by atoms with E-state index in [1.54, 1.807) is 6.07 Å². The van der Waals surface area contributed by atoms with E-state index in [2.05, 4.69) is 15.4 Å². The second-order valence-electron chi connectivity index (χ2n) is 6.98. The fourth-order valence-electron chi connectivity index (χ4n) is 4.44. The first-order valence-electron chi connectivity index (χ1n) is 8.14. The van der Waals surface area contributed by atoms with Crippen LogP contribution < -0.4 is 5.32 Å². The number of fused-ring (bicyclic) bond motifs is 2. The Labute approximate surface area is 130 Å². The number of halogens is 1. The van der Waals surface area contributed by atoms with E-state index in [0.29, 0.717) is 11.5 Å². The lowest BCUT2D eigenvalue weighted by molar-refractivity contribution is 0.00443. The van der Waals surface area contributed by atoms with E-state index >= 15 is 0 Å². The van der Waals surface area contributed by atoms with Gasteiger partial charge in [-0.05, 0) is 69.3 Å². The summed E-state index contributed by atoms with van der Waals surface area (Å²) in [6, 6.07) is 5.27. The van der Waals surface area contributed by atoms with Crippen molar-refractivity contribution in [3.63, 3.8) is 0 Å². The van der Waals surface area contributed by atoms with Crippen LogP contribution in [0.3, 0.4) is 0 Å². The molecule has 22 heavy (non-hydrogen) atoms. The summed E-state index contributed by atoms with van der Waals surface area (Å²) < 4.78 is 14.2. The fourth-order valence-corrected chi connectivity index (χ4v) is 4.44. The normalized spacial score (nSPS) is 32.3. The number of benzene rings is 1. The summed E-state index contributed by atoms with van der Waals surface area (Å²) in [5.41, 5.74) is 1.43. The number of amidine groups is 1. The van der Waals surface area contributed by atoms with E-state index in [1.807, 2.05) is 13.0 Å². The quantitative estimate of drug-likeness (QED) is 0.382. The fraction of sp³-hybridized carbons (Fsp3) is 0.588. The Morgan fingerprint density at radius 1 is 1.36 bits per heavy atom. The maximum Gasteiger partial charge on any atom is 0.175 e. The van der Waals surface area contributed by atoms with Gasteiger partial charge in [0.2, 0.25) is 0 Å². The molecule has 4 nitrogen and oxygen atoms in total. The second-order valence-corrected chi connectivity index (χ2v) is 6.98. The van der Waals surface area contributed by atoms with Crippen molar-refractivity contribution in [1.29, 1.82) is 0 Å². The van der Waals surface area contributed by atoms with E-state index in [4.69, 9.17) is 0 Å². The summed E-state index contributed by atoms with van der Waals surface area (Å²) in [6.07, 6.45) is 4.73. The Bertz CT molecular complexity index is 618. The standard InChI is InChI=1S/C17H22FN3O/c1-11-2-3-13(14(18)10-11)16(20-22)19-15-12-4-8-21(9-5-12)17(15)6-7-17/h2-3,10,12,15,22H,4-9H2,1H3,(H,19,20)/t15-/m1/s1. The predicted octanol–water partition coefficient (Wildman–Crippen LogP) is 2.49. The van der Waals surface area contributed by atoms with Crippen LogP contribution in [0.5, 0.6) is 0 Å². The third-order valence-electron chi connectivity index (χ3n) is 5.75. The lowest BCUT2D eigenvalue weighted by atomic mass is 9.76. The summed E-state index contributed by atoms with van der Waals surface area (Å²) in [6.45, 7) is 4.20. The van der Waals surface area contributed by atoms with E-state index in [0.717, 1.165) is 5.56 Å². The lowest BCUT2D eigenvalue weighted by Gasteiger charge is -2.52. The average Bonchev–Trinajstić information content (AvgIpc) is 3.30. The van der Waals surface area contributed by atoms with Crippen LogP contribution in [0, 0.1) is 18.7 Å². The molecule has 1 atom stereocenters. The van der Waals surface area contributed by atoms with Crippen LogP contribution in [0.25, 0.3) is 0 Å². The first-order valence-corrected chi connectivity index (χ1v) is 8.14. The highest BCUT2D eigenvalue weighted by Crippen LogP contribution is 2.53. The molecule has 4 fully saturated rings. The minimum absolute atomic E-state index is 0.221. The molecule has 1 saturated carbocycles. The Kier molecular flexibility index (Phi) is 3.15. The van der Waals surface area contributed by atoms with Crippen molar-refractivity contribution in [3.05, 3.63) is 35.1 Å². The number of nitrogens with zero attached hydrogens (tertiary/aromatic N) is 2. The molecule has 0 unspecified atom stereocenters. The Hall–Kier alpha value is -1.62. The van der Waals surface area contributed by atoms with E-state index in [1.165, 1.54) is 44.8 Å². The van der Waals surface area contributed by atoms with Crippen molar-refractivity contribution in [2.24, 2.45) is 11.1 Å².